The Morgan fingerprint density at radius 1 is 1.39 bits per heavy atom. The number of carbonyl (C=O) groups excluding carboxylic acids is 1. The van der Waals surface area contributed by atoms with Crippen molar-refractivity contribution in [3.8, 4) is 17.6 Å². The molecule has 0 aliphatic carbocycles. The molecule has 0 heterocycles. The molecule has 0 aromatic heterocycles. The number of hydrogen-bond acceptors (Lipinski definition) is 5. The number of ether oxygens (including phenoxy) is 2. The van der Waals surface area contributed by atoms with Gasteiger partial charge in [0.05, 0.1) is 12.0 Å². The average molecular weight is 320 g/mol. The van der Waals surface area contributed by atoms with Gasteiger partial charge in [-0.3, -0.25) is 10.1 Å². The summed E-state index contributed by atoms with van der Waals surface area (Å²) in [6, 6.07) is 4.49. The Balaban J connectivity index is 2.56. The van der Waals surface area contributed by atoms with E-state index in [1.165, 1.54) is 19.2 Å². The number of benzene rings is 1. The quantitative estimate of drug-likeness (QED) is 0.399. The lowest BCUT2D eigenvalue weighted by Gasteiger charge is -2.19. The zero-order valence-corrected chi connectivity index (χ0v) is 13.6. The van der Waals surface area contributed by atoms with Gasteiger partial charge in [-0.15, -0.1) is 0 Å². The number of carbonyl (C=O) groups is 1. The van der Waals surface area contributed by atoms with E-state index >= 15 is 0 Å². The third-order valence-electron chi connectivity index (χ3n) is 2.53. The maximum atomic E-state index is 11.4. The first-order valence-corrected chi connectivity index (χ1v) is 7.01. The SMILES string of the molecule is COc1ccc(C#CCCNC(=O)OC(C)(C)C)cc1[N+](=O)[O-]. The third kappa shape index (κ3) is 6.70. The Labute approximate surface area is 135 Å². The summed E-state index contributed by atoms with van der Waals surface area (Å²) in [4.78, 5) is 21.8. The molecule has 0 unspecified atom stereocenters. The van der Waals surface area contributed by atoms with Crippen molar-refractivity contribution in [3.05, 3.63) is 33.9 Å². The summed E-state index contributed by atoms with van der Waals surface area (Å²) in [6.07, 6.45) is -0.0987. The van der Waals surface area contributed by atoms with Crippen LogP contribution in [0.2, 0.25) is 0 Å². The van der Waals surface area contributed by atoms with Crippen molar-refractivity contribution in [3.63, 3.8) is 0 Å². The molecule has 0 bridgehead atoms. The van der Waals surface area contributed by atoms with Crippen LogP contribution in [0.1, 0.15) is 32.8 Å². The molecule has 7 heteroatoms. The fraction of sp³-hybridized carbons (Fsp3) is 0.438. The van der Waals surface area contributed by atoms with E-state index < -0.39 is 16.6 Å². The molecule has 7 nitrogen and oxygen atoms in total. The maximum absolute atomic E-state index is 11.4. The zero-order chi connectivity index (χ0) is 17.5. The zero-order valence-electron chi connectivity index (χ0n) is 13.6. The maximum Gasteiger partial charge on any atom is 0.407 e. The number of nitrogens with zero attached hydrogens (tertiary/aromatic N) is 1. The molecule has 23 heavy (non-hydrogen) atoms. The van der Waals surface area contributed by atoms with Crippen molar-refractivity contribution in [2.75, 3.05) is 13.7 Å². The van der Waals surface area contributed by atoms with Crippen LogP contribution in [-0.2, 0) is 4.74 Å². The topological polar surface area (TPSA) is 90.7 Å². The summed E-state index contributed by atoms with van der Waals surface area (Å²) in [6.45, 7) is 5.68. The van der Waals surface area contributed by atoms with Crippen LogP contribution in [0.15, 0.2) is 18.2 Å². The minimum absolute atomic E-state index is 0.133. The smallest absolute Gasteiger partial charge is 0.407 e. The number of nitro groups is 1. The van der Waals surface area contributed by atoms with Crippen LogP contribution in [0.5, 0.6) is 5.75 Å². The molecule has 0 aliphatic heterocycles. The van der Waals surface area contributed by atoms with E-state index in [-0.39, 0.29) is 11.4 Å². The number of methoxy groups -OCH3 is 1. The molecule has 124 valence electrons. The number of rotatable bonds is 4. The molecular weight excluding hydrogens is 300 g/mol. The molecule has 0 aliphatic rings. The van der Waals surface area contributed by atoms with E-state index in [9.17, 15) is 14.9 Å². The van der Waals surface area contributed by atoms with Gasteiger partial charge in [-0.2, -0.15) is 0 Å². The second-order valence-electron chi connectivity index (χ2n) is 5.62. The first-order valence-electron chi connectivity index (χ1n) is 7.01. The molecule has 1 amide bonds. The molecular formula is C16H20N2O5. The van der Waals surface area contributed by atoms with Crippen LogP contribution >= 0.6 is 0 Å². The molecule has 1 aromatic carbocycles. The molecule has 0 spiro atoms. The standard InChI is InChI=1S/C16H20N2O5/c1-16(2,3)23-15(19)17-10-6-5-7-12-8-9-14(22-4)13(11-12)18(20)21/h8-9,11H,6,10H2,1-4H3,(H,17,19). The molecule has 0 saturated carbocycles. The number of hydrogen-bond donors (Lipinski definition) is 1. The molecule has 0 radical (unpaired) electrons. The van der Waals surface area contributed by atoms with Crippen LogP contribution < -0.4 is 10.1 Å². The van der Waals surface area contributed by atoms with E-state index in [0.29, 0.717) is 18.5 Å². The van der Waals surface area contributed by atoms with E-state index in [1.54, 1.807) is 26.8 Å². The second kappa shape index (κ2) is 8.03. The molecule has 1 aromatic rings. The minimum Gasteiger partial charge on any atom is -0.490 e. The van der Waals surface area contributed by atoms with Gasteiger partial charge in [0.1, 0.15) is 5.60 Å². The van der Waals surface area contributed by atoms with E-state index in [4.69, 9.17) is 9.47 Å². The van der Waals surface area contributed by atoms with Crippen LogP contribution in [0.25, 0.3) is 0 Å². The molecule has 1 N–H and O–H groups in total. The van der Waals surface area contributed by atoms with Gasteiger partial charge in [-0.25, -0.2) is 4.79 Å². The van der Waals surface area contributed by atoms with Crippen LogP contribution in [-0.4, -0.2) is 30.3 Å². The van der Waals surface area contributed by atoms with Gasteiger partial charge in [0, 0.05) is 24.6 Å². The summed E-state index contributed by atoms with van der Waals surface area (Å²) >= 11 is 0. The summed E-state index contributed by atoms with van der Waals surface area (Å²) in [7, 11) is 1.37. The molecule has 0 fully saturated rings. The Hall–Kier alpha value is -2.75. The van der Waals surface area contributed by atoms with Gasteiger partial charge in [-0.1, -0.05) is 11.8 Å². The van der Waals surface area contributed by atoms with E-state index in [2.05, 4.69) is 17.2 Å². The Kier molecular flexibility index (Phi) is 6.39. The molecule has 0 atom stereocenters. The van der Waals surface area contributed by atoms with Crippen LogP contribution in [0.4, 0.5) is 10.5 Å². The van der Waals surface area contributed by atoms with Gasteiger partial charge in [0.25, 0.3) is 0 Å². The highest BCUT2D eigenvalue weighted by Crippen LogP contribution is 2.27. The predicted octanol–water partition coefficient (Wildman–Crippen LogP) is 2.87. The Morgan fingerprint density at radius 2 is 2.09 bits per heavy atom. The van der Waals surface area contributed by atoms with Gasteiger partial charge in [-0.05, 0) is 32.9 Å². The molecule has 0 saturated heterocycles. The fourth-order valence-electron chi connectivity index (χ4n) is 1.62. The fourth-order valence-corrected chi connectivity index (χ4v) is 1.62. The molecule has 1 rings (SSSR count). The largest absolute Gasteiger partial charge is 0.490 e. The Morgan fingerprint density at radius 3 is 2.65 bits per heavy atom. The lowest BCUT2D eigenvalue weighted by molar-refractivity contribution is -0.385. The van der Waals surface area contributed by atoms with Crippen LogP contribution in [0, 0.1) is 22.0 Å². The number of amides is 1. The lowest BCUT2D eigenvalue weighted by Crippen LogP contribution is -2.32. The van der Waals surface area contributed by atoms with Crippen molar-refractivity contribution >= 4 is 11.8 Å². The average Bonchev–Trinajstić information content (AvgIpc) is 2.44. The highest BCUT2D eigenvalue weighted by molar-refractivity contribution is 5.67. The highest BCUT2D eigenvalue weighted by atomic mass is 16.6. The van der Waals surface area contributed by atoms with Gasteiger partial charge >= 0.3 is 11.8 Å². The summed E-state index contributed by atoms with van der Waals surface area (Å²) in [5.74, 6) is 5.84. The van der Waals surface area contributed by atoms with Crippen LogP contribution in [0.3, 0.4) is 0 Å². The van der Waals surface area contributed by atoms with Gasteiger partial charge < -0.3 is 14.8 Å². The third-order valence-corrected chi connectivity index (χ3v) is 2.53. The lowest BCUT2D eigenvalue weighted by atomic mass is 10.2. The summed E-state index contributed by atoms with van der Waals surface area (Å²) < 4.78 is 10.0. The normalized spacial score (nSPS) is 10.3. The first kappa shape index (κ1) is 18.3. The monoisotopic (exact) mass is 320 g/mol. The van der Waals surface area contributed by atoms with E-state index in [1.807, 2.05) is 0 Å². The van der Waals surface area contributed by atoms with Crippen molar-refractivity contribution in [1.29, 1.82) is 0 Å². The van der Waals surface area contributed by atoms with E-state index in [0.717, 1.165) is 0 Å². The first-order chi connectivity index (χ1) is 10.7. The highest BCUT2D eigenvalue weighted by Gasteiger charge is 2.15. The number of nitrogens with one attached hydrogen (secondary N) is 1. The van der Waals surface area contributed by atoms with Crippen molar-refractivity contribution in [2.24, 2.45) is 0 Å². The van der Waals surface area contributed by atoms with Crippen molar-refractivity contribution in [1.82, 2.24) is 5.32 Å². The van der Waals surface area contributed by atoms with Crippen molar-refractivity contribution in [2.45, 2.75) is 32.8 Å². The summed E-state index contributed by atoms with van der Waals surface area (Å²) in [5, 5.41) is 13.5. The Bertz CT molecular complexity index is 638. The summed E-state index contributed by atoms with van der Waals surface area (Å²) in [5.41, 5.74) is -0.168. The van der Waals surface area contributed by atoms with Crippen molar-refractivity contribution < 1.29 is 19.2 Å². The number of alkyl carbamates (subject to hydrolysis) is 1. The second-order valence-corrected chi connectivity index (χ2v) is 5.62. The minimum atomic E-state index is -0.544. The van der Waals surface area contributed by atoms with Gasteiger partial charge in [0.2, 0.25) is 0 Å². The van der Waals surface area contributed by atoms with Gasteiger partial charge in [0.15, 0.2) is 5.75 Å². The predicted molar refractivity (Wildman–Crippen MR) is 85.4 cm³/mol. The number of nitro benzene ring substituents is 1.